The van der Waals surface area contributed by atoms with E-state index in [1.54, 1.807) is 6.33 Å². The van der Waals surface area contributed by atoms with E-state index in [2.05, 4.69) is 39.5 Å². The molecule has 1 aliphatic heterocycles. The van der Waals surface area contributed by atoms with Crippen LogP contribution in [0.25, 0.3) is 5.69 Å². The molecule has 1 saturated carbocycles. The van der Waals surface area contributed by atoms with Gasteiger partial charge in [-0.2, -0.15) is 0 Å². The van der Waals surface area contributed by atoms with E-state index >= 15 is 0 Å². The number of rotatable bonds is 4. The third kappa shape index (κ3) is 3.59. The van der Waals surface area contributed by atoms with E-state index < -0.39 is 0 Å². The quantitative estimate of drug-likeness (QED) is 0.679. The summed E-state index contributed by atoms with van der Waals surface area (Å²) in [6.07, 6.45) is 7.30. The highest BCUT2D eigenvalue weighted by atomic mass is 15.3. The smallest absolute Gasteiger partial charge is 0.194 e. The molecule has 2 fully saturated rings. The zero-order valence-corrected chi connectivity index (χ0v) is 15.5. The van der Waals surface area contributed by atoms with Crippen LogP contribution in [0.3, 0.4) is 0 Å². The number of aromatic nitrogens is 3. The van der Waals surface area contributed by atoms with E-state index in [-0.39, 0.29) is 0 Å². The van der Waals surface area contributed by atoms with Gasteiger partial charge in [-0.05, 0) is 43.7 Å². The Morgan fingerprint density at radius 3 is 2.58 bits per heavy atom. The van der Waals surface area contributed by atoms with E-state index in [0.717, 1.165) is 48.9 Å². The Morgan fingerprint density at radius 1 is 1.15 bits per heavy atom. The summed E-state index contributed by atoms with van der Waals surface area (Å²) in [7, 11) is 0. The second-order valence-corrected chi connectivity index (χ2v) is 7.33. The molecule has 2 unspecified atom stereocenters. The van der Waals surface area contributed by atoms with Crippen molar-refractivity contribution in [1.29, 1.82) is 0 Å². The van der Waals surface area contributed by atoms with Crippen molar-refractivity contribution in [2.24, 2.45) is 16.8 Å². The van der Waals surface area contributed by atoms with Crippen molar-refractivity contribution >= 4 is 5.96 Å². The molecule has 0 spiro atoms. The number of hydrogen-bond acceptors (Lipinski definition) is 3. The van der Waals surface area contributed by atoms with Crippen LogP contribution in [-0.2, 0) is 6.54 Å². The topological polar surface area (TPSA) is 58.3 Å². The van der Waals surface area contributed by atoms with Gasteiger partial charge in [-0.25, -0.2) is 4.99 Å². The highest BCUT2D eigenvalue weighted by molar-refractivity contribution is 5.80. The molecule has 2 atom stereocenters. The van der Waals surface area contributed by atoms with Crippen molar-refractivity contribution in [2.75, 3.05) is 19.6 Å². The second kappa shape index (κ2) is 7.89. The summed E-state index contributed by atoms with van der Waals surface area (Å²) in [6.45, 7) is 5.83. The first-order chi connectivity index (χ1) is 12.8. The molecule has 26 heavy (non-hydrogen) atoms. The Balaban J connectivity index is 1.50. The summed E-state index contributed by atoms with van der Waals surface area (Å²) in [5, 5.41) is 11.8. The molecule has 1 N–H and O–H groups in total. The fraction of sp³-hybridized carbons (Fsp3) is 0.550. The summed E-state index contributed by atoms with van der Waals surface area (Å²) in [6, 6.07) is 10.2. The van der Waals surface area contributed by atoms with Crippen LogP contribution in [0.5, 0.6) is 0 Å². The Morgan fingerprint density at radius 2 is 1.88 bits per heavy atom. The number of aliphatic imine (C=N–C) groups is 1. The van der Waals surface area contributed by atoms with Crippen molar-refractivity contribution in [3.63, 3.8) is 0 Å². The Hall–Kier alpha value is -2.37. The SMILES string of the molecule is CCNC(=NCc1nncn1-c1ccccc1)N1CC2CCCCC2C1. The van der Waals surface area contributed by atoms with Crippen LogP contribution in [0, 0.1) is 11.8 Å². The molecule has 2 aliphatic rings. The van der Waals surface area contributed by atoms with Crippen LogP contribution in [0.1, 0.15) is 38.4 Å². The fourth-order valence-corrected chi connectivity index (χ4v) is 4.32. The van der Waals surface area contributed by atoms with Gasteiger partial charge in [-0.15, -0.1) is 10.2 Å². The zero-order valence-electron chi connectivity index (χ0n) is 15.5. The van der Waals surface area contributed by atoms with Crippen molar-refractivity contribution in [3.05, 3.63) is 42.5 Å². The highest BCUT2D eigenvalue weighted by Gasteiger charge is 2.35. The lowest BCUT2D eigenvalue weighted by atomic mass is 9.82. The van der Waals surface area contributed by atoms with Gasteiger partial charge in [0, 0.05) is 25.3 Å². The van der Waals surface area contributed by atoms with Gasteiger partial charge < -0.3 is 10.2 Å². The fourth-order valence-electron chi connectivity index (χ4n) is 4.32. The Bertz CT molecular complexity index is 724. The average Bonchev–Trinajstić information content (AvgIpc) is 3.32. The molecular formula is C20H28N6. The molecule has 0 amide bonds. The predicted octanol–water partition coefficient (Wildman–Crippen LogP) is 2.85. The lowest BCUT2D eigenvalue weighted by molar-refractivity contribution is 0.299. The number of benzene rings is 1. The number of hydrogen-bond donors (Lipinski definition) is 1. The molecule has 4 rings (SSSR count). The van der Waals surface area contributed by atoms with Gasteiger partial charge in [0.25, 0.3) is 0 Å². The molecule has 0 bridgehead atoms. The predicted molar refractivity (Wildman–Crippen MR) is 103 cm³/mol. The number of nitrogens with zero attached hydrogens (tertiary/aromatic N) is 5. The van der Waals surface area contributed by atoms with Crippen LogP contribution in [0.15, 0.2) is 41.7 Å². The largest absolute Gasteiger partial charge is 0.357 e. The molecule has 1 aromatic carbocycles. The van der Waals surface area contributed by atoms with Gasteiger partial charge in [0.05, 0.1) is 0 Å². The van der Waals surface area contributed by atoms with Crippen molar-refractivity contribution < 1.29 is 0 Å². The molecule has 2 heterocycles. The van der Waals surface area contributed by atoms with E-state index in [9.17, 15) is 0 Å². The van der Waals surface area contributed by atoms with Crippen LogP contribution in [-0.4, -0.2) is 45.3 Å². The molecule has 138 valence electrons. The lowest BCUT2D eigenvalue weighted by Crippen LogP contribution is -2.40. The van der Waals surface area contributed by atoms with Crippen molar-refractivity contribution in [2.45, 2.75) is 39.2 Å². The van der Waals surface area contributed by atoms with E-state index in [1.807, 2.05) is 22.8 Å². The first-order valence-electron chi connectivity index (χ1n) is 9.82. The lowest BCUT2D eigenvalue weighted by Gasteiger charge is -2.22. The minimum Gasteiger partial charge on any atom is -0.357 e. The molecule has 0 radical (unpaired) electrons. The summed E-state index contributed by atoms with van der Waals surface area (Å²) >= 11 is 0. The maximum atomic E-state index is 4.89. The highest BCUT2D eigenvalue weighted by Crippen LogP contribution is 2.35. The van der Waals surface area contributed by atoms with E-state index in [1.165, 1.54) is 25.7 Å². The standard InChI is InChI=1S/C20H28N6/c1-2-21-20(25-13-16-8-6-7-9-17(16)14-25)22-12-19-24-23-15-26(19)18-10-4-3-5-11-18/h3-5,10-11,15-17H,2,6-9,12-14H2,1H3,(H,21,22). The summed E-state index contributed by atoms with van der Waals surface area (Å²) in [5.74, 6) is 3.58. The zero-order chi connectivity index (χ0) is 17.8. The van der Waals surface area contributed by atoms with Crippen LogP contribution in [0.2, 0.25) is 0 Å². The first-order valence-corrected chi connectivity index (χ1v) is 9.82. The normalized spacial score (nSPS) is 23.1. The number of guanidine groups is 1. The maximum absolute atomic E-state index is 4.89. The van der Waals surface area contributed by atoms with Gasteiger partial charge in [-0.1, -0.05) is 31.0 Å². The number of nitrogens with one attached hydrogen (secondary N) is 1. The van der Waals surface area contributed by atoms with E-state index in [4.69, 9.17) is 4.99 Å². The minimum atomic E-state index is 0.531. The third-order valence-corrected chi connectivity index (χ3v) is 5.63. The molecule has 1 aromatic heterocycles. The number of fused-ring (bicyclic) bond motifs is 1. The summed E-state index contributed by atoms with van der Waals surface area (Å²) in [5.41, 5.74) is 1.07. The first kappa shape index (κ1) is 17.1. The van der Waals surface area contributed by atoms with Gasteiger partial charge in [0.1, 0.15) is 12.9 Å². The average molecular weight is 352 g/mol. The van der Waals surface area contributed by atoms with Gasteiger partial charge in [0.15, 0.2) is 11.8 Å². The van der Waals surface area contributed by atoms with Crippen LogP contribution >= 0.6 is 0 Å². The summed E-state index contributed by atoms with van der Waals surface area (Å²) in [4.78, 5) is 7.34. The van der Waals surface area contributed by atoms with Gasteiger partial charge >= 0.3 is 0 Å². The van der Waals surface area contributed by atoms with Crippen LogP contribution in [0.4, 0.5) is 0 Å². The van der Waals surface area contributed by atoms with Crippen molar-refractivity contribution in [1.82, 2.24) is 25.0 Å². The minimum absolute atomic E-state index is 0.531. The second-order valence-electron chi connectivity index (χ2n) is 7.33. The van der Waals surface area contributed by atoms with E-state index in [0.29, 0.717) is 6.54 Å². The molecule has 6 heteroatoms. The maximum Gasteiger partial charge on any atom is 0.194 e. The van der Waals surface area contributed by atoms with Crippen LogP contribution < -0.4 is 5.32 Å². The molecule has 1 saturated heterocycles. The molecule has 2 aromatic rings. The molecular weight excluding hydrogens is 324 g/mol. The molecule has 6 nitrogen and oxygen atoms in total. The Labute approximate surface area is 155 Å². The Kier molecular flexibility index (Phi) is 5.18. The van der Waals surface area contributed by atoms with Gasteiger partial charge in [-0.3, -0.25) is 4.57 Å². The van der Waals surface area contributed by atoms with Crippen molar-refractivity contribution in [3.8, 4) is 5.69 Å². The van der Waals surface area contributed by atoms with Gasteiger partial charge in [0.2, 0.25) is 0 Å². The summed E-state index contributed by atoms with van der Waals surface area (Å²) < 4.78 is 2.01. The molecule has 1 aliphatic carbocycles. The monoisotopic (exact) mass is 352 g/mol. The third-order valence-electron chi connectivity index (χ3n) is 5.63. The number of para-hydroxylation sites is 1. The number of likely N-dealkylation sites (tertiary alicyclic amines) is 1.